The Morgan fingerprint density at radius 1 is 1.80 bits per heavy atom. The van der Waals surface area contributed by atoms with Crippen LogP contribution in [0.5, 0.6) is 0 Å². The molecule has 0 aliphatic heterocycles. The Kier molecular flexibility index (Phi) is 3.31. The summed E-state index contributed by atoms with van der Waals surface area (Å²) >= 11 is 3.42. The number of hydrazine groups is 1. The van der Waals surface area contributed by atoms with Crippen molar-refractivity contribution in [3.05, 3.63) is 0 Å². The van der Waals surface area contributed by atoms with E-state index in [1.165, 1.54) is 0 Å². The van der Waals surface area contributed by atoms with Gasteiger partial charge in [0, 0.05) is 0 Å². The van der Waals surface area contributed by atoms with E-state index in [1.54, 1.807) is 6.19 Å². The molecule has 3 nitrogen and oxygen atoms in total. The number of hydrogen-bond donors (Lipinski definition) is 3. The molecule has 0 rings (SSSR count). The second kappa shape index (κ2) is 3.60. The molecule has 0 spiro atoms. The van der Waals surface area contributed by atoms with Gasteiger partial charge in [0.15, 0.2) is 6.19 Å². The molecule has 0 aliphatic carbocycles. The van der Waals surface area contributed by atoms with Crippen LogP contribution in [0, 0.1) is 11.5 Å². The summed E-state index contributed by atoms with van der Waals surface area (Å²) in [7, 11) is 0. The molecule has 0 aromatic rings. The maximum absolute atomic E-state index is 7.59. The van der Waals surface area contributed by atoms with E-state index in [4.69, 9.17) is 5.26 Å². The zero-order chi connectivity index (χ0) is 4.12. The Balaban J connectivity index is 2.48. The van der Waals surface area contributed by atoms with Gasteiger partial charge in [-0.25, -0.2) is 5.43 Å². The van der Waals surface area contributed by atoms with Crippen LogP contribution < -0.4 is 10.3 Å². The summed E-state index contributed by atoms with van der Waals surface area (Å²) in [5.74, 6) is 0. The topological polar surface area (TPSA) is 47.9 Å². The highest BCUT2D eigenvalue weighted by atomic mass is 32.1. The van der Waals surface area contributed by atoms with Crippen molar-refractivity contribution in [2.45, 2.75) is 0 Å². The van der Waals surface area contributed by atoms with Crippen molar-refractivity contribution in [2.75, 3.05) is 0 Å². The molecule has 0 saturated heterocycles. The fraction of sp³-hybridized carbons (Fsp3) is 0. The quantitative estimate of drug-likeness (QED) is 0.174. The van der Waals surface area contributed by atoms with E-state index in [2.05, 4.69) is 17.6 Å². The standard InChI is InChI=1S/CH3N3S/c2-1-3-4-5/h3-5H. The SMILES string of the molecule is N#CNNS. The minimum Gasteiger partial charge on any atom is -0.248 e. The second-order valence-electron chi connectivity index (χ2n) is 0.349. The largest absolute Gasteiger partial charge is 0.248 e. The van der Waals surface area contributed by atoms with Gasteiger partial charge in [-0.15, -0.1) is 0 Å². The molecule has 0 aliphatic rings. The molecule has 0 atom stereocenters. The molecule has 0 amide bonds. The zero-order valence-corrected chi connectivity index (χ0v) is 3.29. The van der Waals surface area contributed by atoms with Crippen molar-refractivity contribution >= 4 is 12.8 Å². The minimum atomic E-state index is 1.58. The monoisotopic (exact) mass is 89.0 g/mol. The Bertz CT molecular complexity index is 45.3. The average molecular weight is 89.1 g/mol. The van der Waals surface area contributed by atoms with Gasteiger partial charge < -0.3 is 0 Å². The average Bonchev–Trinajstić information content (AvgIpc) is 1.41. The van der Waals surface area contributed by atoms with Crippen LogP contribution in [0.1, 0.15) is 0 Å². The van der Waals surface area contributed by atoms with Crippen LogP contribution >= 0.6 is 12.8 Å². The second-order valence-corrected chi connectivity index (χ2v) is 0.572. The molecule has 0 saturated carbocycles. The lowest BCUT2D eigenvalue weighted by Gasteiger charge is -1.79. The molecule has 0 heterocycles. The highest BCUT2D eigenvalue weighted by Gasteiger charge is 1.54. The summed E-state index contributed by atoms with van der Waals surface area (Å²) in [6.07, 6.45) is 1.58. The fourth-order valence-electron chi connectivity index (χ4n) is 0.0250. The molecule has 0 aromatic heterocycles. The fourth-order valence-corrected chi connectivity index (χ4v) is 0.0750. The normalized spacial score (nSPS) is 5.60. The Labute approximate surface area is 35.5 Å². The maximum Gasteiger partial charge on any atom is 0.193 e. The number of nitrogens with one attached hydrogen (secondary N) is 2. The first-order chi connectivity index (χ1) is 2.41. The number of hydrogen-bond acceptors (Lipinski definition) is 4. The number of nitriles is 1. The van der Waals surface area contributed by atoms with Gasteiger partial charge in [-0.1, -0.05) is 12.8 Å². The van der Waals surface area contributed by atoms with Crippen LogP contribution in [0.15, 0.2) is 0 Å². The number of rotatable bonds is 1. The van der Waals surface area contributed by atoms with Gasteiger partial charge in [-0.3, -0.25) is 0 Å². The van der Waals surface area contributed by atoms with Gasteiger partial charge in [0.1, 0.15) is 0 Å². The van der Waals surface area contributed by atoms with E-state index in [0.717, 1.165) is 0 Å². The lowest BCUT2D eigenvalue weighted by Crippen LogP contribution is -2.14. The predicted molar refractivity (Wildman–Crippen MR) is 20.9 cm³/mol. The molecular formula is CH3N3S. The first-order valence-corrected chi connectivity index (χ1v) is 1.39. The Morgan fingerprint density at radius 3 is 2.40 bits per heavy atom. The summed E-state index contributed by atoms with van der Waals surface area (Å²) < 4.78 is 0. The molecule has 0 bridgehead atoms. The lowest BCUT2D eigenvalue weighted by atomic mass is 11.4. The molecule has 0 unspecified atom stereocenters. The smallest absolute Gasteiger partial charge is 0.193 e. The van der Waals surface area contributed by atoms with Crippen molar-refractivity contribution in [2.24, 2.45) is 0 Å². The van der Waals surface area contributed by atoms with E-state index >= 15 is 0 Å². The van der Waals surface area contributed by atoms with Gasteiger partial charge in [-0.05, 0) is 0 Å². The highest BCUT2D eigenvalue weighted by Crippen LogP contribution is 1.41. The number of thiol groups is 1. The van der Waals surface area contributed by atoms with E-state index in [-0.39, 0.29) is 0 Å². The first kappa shape index (κ1) is 4.60. The predicted octanol–water partition coefficient (Wildman–Crippen LogP) is -0.594. The maximum atomic E-state index is 7.59. The van der Waals surface area contributed by atoms with Crippen LogP contribution in [0.3, 0.4) is 0 Å². The van der Waals surface area contributed by atoms with Gasteiger partial charge >= 0.3 is 0 Å². The van der Waals surface area contributed by atoms with Crippen molar-refractivity contribution in [3.8, 4) is 6.19 Å². The summed E-state index contributed by atoms with van der Waals surface area (Å²) in [5.41, 5.74) is 2.03. The third kappa shape index (κ3) is 3.60. The Morgan fingerprint density at radius 2 is 2.40 bits per heavy atom. The van der Waals surface area contributed by atoms with Gasteiger partial charge in [0.2, 0.25) is 0 Å². The van der Waals surface area contributed by atoms with Crippen LogP contribution in [-0.2, 0) is 0 Å². The van der Waals surface area contributed by atoms with Crippen LogP contribution in [-0.4, -0.2) is 0 Å². The summed E-state index contributed by atoms with van der Waals surface area (Å²) in [4.78, 5) is 2.10. The minimum absolute atomic E-state index is 1.58. The zero-order valence-electron chi connectivity index (χ0n) is 2.39. The first-order valence-electron chi connectivity index (χ1n) is 0.947. The third-order valence-corrected chi connectivity index (χ3v) is 0.224. The molecule has 28 valence electrons. The molecular weight excluding hydrogens is 86.1 g/mol. The van der Waals surface area contributed by atoms with Crippen LogP contribution in [0.2, 0.25) is 0 Å². The van der Waals surface area contributed by atoms with E-state index in [0.29, 0.717) is 0 Å². The Hall–Kier alpha value is -0.400. The van der Waals surface area contributed by atoms with Gasteiger partial charge in [0.05, 0.1) is 0 Å². The van der Waals surface area contributed by atoms with E-state index < -0.39 is 0 Å². The van der Waals surface area contributed by atoms with Crippen molar-refractivity contribution in [1.82, 2.24) is 10.3 Å². The van der Waals surface area contributed by atoms with Crippen molar-refractivity contribution in [1.29, 1.82) is 5.26 Å². The summed E-state index contributed by atoms with van der Waals surface area (Å²) in [5, 5.41) is 7.59. The van der Waals surface area contributed by atoms with Gasteiger partial charge in [0.25, 0.3) is 0 Å². The molecule has 0 aromatic carbocycles. The van der Waals surface area contributed by atoms with Crippen molar-refractivity contribution in [3.63, 3.8) is 0 Å². The highest BCUT2D eigenvalue weighted by molar-refractivity contribution is 7.78. The molecule has 0 radical (unpaired) electrons. The molecule has 0 fully saturated rings. The molecule has 4 heteroatoms. The van der Waals surface area contributed by atoms with E-state index in [9.17, 15) is 0 Å². The van der Waals surface area contributed by atoms with Crippen molar-refractivity contribution < 1.29 is 0 Å². The lowest BCUT2D eigenvalue weighted by molar-refractivity contribution is 0.898. The molecule has 2 N–H and O–H groups in total. The number of nitrogens with zero attached hydrogens (tertiary/aromatic N) is 1. The third-order valence-electron chi connectivity index (χ3n) is 0.112. The van der Waals surface area contributed by atoms with Gasteiger partial charge in [-0.2, -0.15) is 10.1 Å². The van der Waals surface area contributed by atoms with E-state index in [1.807, 2.05) is 5.43 Å². The van der Waals surface area contributed by atoms with Crippen LogP contribution in [0.25, 0.3) is 0 Å². The van der Waals surface area contributed by atoms with Crippen LogP contribution in [0.4, 0.5) is 0 Å². The summed E-state index contributed by atoms with van der Waals surface area (Å²) in [6, 6.07) is 0. The summed E-state index contributed by atoms with van der Waals surface area (Å²) in [6.45, 7) is 0. The molecule has 5 heavy (non-hydrogen) atoms.